The van der Waals surface area contributed by atoms with E-state index in [4.69, 9.17) is 25.8 Å². The van der Waals surface area contributed by atoms with Gasteiger partial charge in [0.25, 0.3) is 0 Å². The zero-order valence-corrected chi connectivity index (χ0v) is 22.4. The number of nitrogens with one attached hydrogen (secondary N) is 2. The quantitative estimate of drug-likeness (QED) is 0.170. The second-order valence-corrected chi connectivity index (χ2v) is 9.74. The van der Waals surface area contributed by atoms with E-state index in [1.807, 2.05) is 25.1 Å². The zero-order valence-electron chi connectivity index (χ0n) is 20.8. The number of nitrogens with zero attached hydrogens (tertiary/aromatic N) is 1. The number of halogens is 1. The van der Waals surface area contributed by atoms with Gasteiger partial charge in [0, 0.05) is 15.5 Å². The number of thiophene rings is 1. The summed E-state index contributed by atoms with van der Waals surface area (Å²) in [5.74, 6) is -1.44. The maximum absolute atomic E-state index is 12.5. The molecule has 198 valence electrons. The second kappa shape index (κ2) is 12.6. The van der Waals surface area contributed by atoms with Crippen molar-refractivity contribution in [2.75, 3.05) is 19.0 Å². The third kappa shape index (κ3) is 6.32. The molecule has 38 heavy (non-hydrogen) atoms. The fourth-order valence-corrected chi connectivity index (χ4v) is 5.41. The average Bonchev–Trinajstić information content (AvgIpc) is 3.49. The van der Waals surface area contributed by atoms with Gasteiger partial charge in [-0.3, -0.25) is 9.59 Å². The summed E-state index contributed by atoms with van der Waals surface area (Å²) in [6.07, 6.45) is 3.87. The predicted octanol–water partition coefficient (Wildman–Crippen LogP) is 4.74. The van der Waals surface area contributed by atoms with Gasteiger partial charge in [0.2, 0.25) is 0 Å². The van der Waals surface area contributed by atoms with Crippen molar-refractivity contribution in [1.29, 1.82) is 0 Å². The largest absolute Gasteiger partial charge is 0.490 e. The number of aryl methyl sites for hydroxylation is 1. The average molecular weight is 556 g/mol. The molecule has 1 aliphatic carbocycles. The van der Waals surface area contributed by atoms with E-state index in [0.717, 1.165) is 35.3 Å². The molecule has 0 fully saturated rings. The Morgan fingerprint density at radius 3 is 2.66 bits per heavy atom. The second-order valence-electron chi connectivity index (χ2n) is 8.23. The van der Waals surface area contributed by atoms with Crippen LogP contribution in [0.15, 0.2) is 47.6 Å². The van der Waals surface area contributed by atoms with Crippen LogP contribution in [-0.4, -0.2) is 37.7 Å². The van der Waals surface area contributed by atoms with Crippen LogP contribution in [0.3, 0.4) is 0 Å². The number of hydrazone groups is 1. The molecule has 0 atom stereocenters. The molecule has 2 amide bonds. The highest BCUT2D eigenvalue weighted by atomic mass is 35.5. The fourth-order valence-electron chi connectivity index (χ4n) is 3.95. The number of esters is 1. The van der Waals surface area contributed by atoms with Crippen LogP contribution in [0.5, 0.6) is 11.5 Å². The zero-order chi connectivity index (χ0) is 27.1. The number of hydrogen-bond donors (Lipinski definition) is 2. The number of anilines is 1. The molecular weight excluding hydrogens is 530 g/mol. The first-order chi connectivity index (χ1) is 18.4. The van der Waals surface area contributed by atoms with E-state index in [1.165, 1.54) is 24.7 Å². The monoisotopic (exact) mass is 555 g/mol. The SMILES string of the molecule is CCOc1cc(/C=N/NC(=O)C(=O)Nc2sc3c(c2C(=O)OC)CCC3)ccc1OCc1ccccc1Cl. The number of carbonyl (C=O) groups excluding carboxylic acids is 3. The summed E-state index contributed by atoms with van der Waals surface area (Å²) in [7, 11) is 1.28. The molecular formula is C27H26ClN3O6S. The molecule has 3 aromatic rings. The number of hydrogen-bond acceptors (Lipinski definition) is 8. The van der Waals surface area contributed by atoms with Gasteiger partial charge in [-0.05, 0) is 61.6 Å². The van der Waals surface area contributed by atoms with Crippen molar-refractivity contribution in [3.8, 4) is 11.5 Å². The van der Waals surface area contributed by atoms with E-state index in [9.17, 15) is 14.4 Å². The van der Waals surface area contributed by atoms with Crippen LogP contribution in [0, 0.1) is 0 Å². The van der Waals surface area contributed by atoms with Gasteiger partial charge >= 0.3 is 17.8 Å². The lowest BCUT2D eigenvalue weighted by molar-refractivity contribution is -0.136. The van der Waals surface area contributed by atoms with Crippen LogP contribution < -0.4 is 20.2 Å². The molecule has 4 rings (SSSR count). The van der Waals surface area contributed by atoms with Crippen LogP contribution in [-0.2, 0) is 33.8 Å². The summed E-state index contributed by atoms with van der Waals surface area (Å²) >= 11 is 7.49. The van der Waals surface area contributed by atoms with E-state index in [2.05, 4.69) is 15.8 Å². The molecule has 0 unspecified atom stereocenters. The van der Waals surface area contributed by atoms with Crippen LogP contribution >= 0.6 is 22.9 Å². The Hall–Kier alpha value is -3.89. The molecule has 0 saturated heterocycles. The molecule has 0 aliphatic heterocycles. The Balaban J connectivity index is 1.38. The van der Waals surface area contributed by atoms with Crippen molar-refractivity contribution in [3.05, 3.63) is 74.6 Å². The number of methoxy groups -OCH3 is 1. The maximum Gasteiger partial charge on any atom is 0.341 e. The summed E-state index contributed by atoms with van der Waals surface area (Å²) in [5, 5.41) is 7.31. The first kappa shape index (κ1) is 27.2. The van der Waals surface area contributed by atoms with Crippen molar-refractivity contribution < 1.29 is 28.6 Å². The maximum atomic E-state index is 12.5. The highest BCUT2D eigenvalue weighted by molar-refractivity contribution is 7.17. The lowest BCUT2D eigenvalue weighted by Crippen LogP contribution is -2.32. The van der Waals surface area contributed by atoms with Crippen LogP contribution in [0.4, 0.5) is 5.00 Å². The Bertz CT molecular complexity index is 1390. The van der Waals surface area contributed by atoms with Gasteiger partial charge in [0.15, 0.2) is 11.5 Å². The summed E-state index contributed by atoms with van der Waals surface area (Å²) in [6.45, 7) is 2.54. The van der Waals surface area contributed by atoms with Gasteiger partial charge in [-0.15, -0.1) is 11.3 Å². The molecule has 0 saturated carbocycles. The van der Waals surface area contributed by atoms with E-state index in [-0.39, 0.29) is 6.61 Å². The standard InChI is InChI=1S/C27H26ClN3O6S/c1-3-36-21-13-16(11-12-20(21)37-15-17-7-4-5-9-19(17)28)14-29-31-25(33)24(32)30-26-23(27(34)35-2)18-8-6-10-22(18)38-26/h4-5,7,9,11-14H,3,6,8,10,15H2,1-2H3,(H,30,32)(H,31,33)/b29-14+. The normalized spacial score (nSPS) is 12.2. The van der Waals surface area contributed by atoms with Gasteiger partial charge in [0.1, 0.15) is 11.6 Å². The third-order valence-corrected chi connectivity index (χ3v) is 7.31. The molecule has 2 aromatic carbocycles. The van der Waals surface area contributed by atoms with Gasteiger partial charge < -0.3 is 19.5 Å². The molecule has 0 bridgehead atoms. The minimum Gasteiger partial charge on any atom is -0.490 e. The van der Waals surface area contributed by atoms with E-state index in [1.54, 1.807) is 24.3 Å². The van der Waals surface area contributed by atoms with Crippen molar-refractivity contribution >= 4 is 51.9 Å². The fraction of sp³-hybridized carbons (Fsp3) is 0.259. The number of benzene rings is 2. The Morgan fingerprint density at radius 1 is 1.08 bits per heavy atom. The minimum atomic E-state index is -0.977. The summed E-state index contributed by atoms with van der Waals surface area (Å²) < 4.78 is 16.4. The van der Waals surface area contributed by atoms with E-state index < -0.39 is 17.8 Å². The molecule has 1 aromatic heterocycles. The molecule has 9 nitrogen and oxygen atoms in total. The first-order valence-electron chi connectivity index (χ1n) is 11.9. The molecule has 11 heteroatoms. The van der Waals surface area contributed by atoms with Crippen molar-refractivity contribution in [1.82, 2.24) is 5.43 Å². The summed E-state index contributed by atoms with van der Waals surface area (Å²) in [4.78, 5) is 38.0. The highest BCUT2D eigenvalue weighted by Crippen LogP contribution is 2.39. The number of carbonyl (C=O) groups is 3. The van der Waals surface area contributed by atoms with Crippen LogP contribution in [0.1, 0.15) is 45.3 Å². The molecule has 0 spiro atoms. The smallest absolute Gasteiger partial charge is 0.341 e. The van der Waals surface area contributed by atoms with Gasteiger partial charge in [-0.1, -0.05) is 29.8 Å². The Labute approximate surface area is 228 Å². The summed E-state index contributed by atoms with van der Waals surface area (Å²) in [6, 6.07) is 12.6. The number of amides is 2. The Morgan fingerprint density at radius 2 is 1.89 bits per heavy atom. The van der Waals surface area contributed by atoms with Gasteiger partial charge in [0.05, 0.1) is 25.5 Å². The van der Waals surface area contributed by atoms with Gasteiger partial charge in [-0.25, -0.2) is 10.2 Å². The van der Waals surface area contributed by atoms with Crippen molar-refractivity contribution in [3.63, 3.8) is 0 Å². The number of ether oxygens (including phenoxy) is 3. The van der Waals surface area contributed by atoms with E-state index in [0.29, 0.717) is 39.3 Å². The van der Waals surface area contributed by atoms with Crippen LogP contribution in [0.25, 0.3) is 0 Å². The summed E-state index contributed by atoms with van der Waals surface area (Å²) in [5.41, 5.74) is 4.85. The molecule has 1 heterocycles. The minimum absolute atomic E-state index is 0.267. The van der Waals surface area contributed by atoms with E-state index >= 15 is 0 Å². The van der Waals surface area contributed by atoms with Crippen molar-refractivity contribution in [2.45, 2.75) is 32.8 Å². The molecule has 0 radical (unpaired) electrons. The van der Waals surface area contributed by atoms with Crippen LogP contribution in [0.2, 0.25) is 5.02 Å². The van der Waals surface area contributed by atoms with Gasteiger partial charge in [-0.2, -0.15) is 5.10 Å². The number of rotatable bonds is 9. The topological polar surface area (TPSA) is 115 Å². The molecule has 2 N–H and O–H groups in total. The number of fused-ring (bicyclic) bond motifs is 1. The molecule has 1 aliphatic rings. The highest BCUT2D eigenvalue weighted by Gasteiger charge is 2.29. The third-order valence-electron chi connectivity index (χ3n) is 5.73. The Kier molecular flexibility index (Phi) is 8.98. The lowest BCUT2D eigenvalue weighted by atomic mass is 10.1. The lowest BCUT2D eigenvalue weighted by Gasteiger charge is -2.13. The van der Waals surface area contributed by atoms with Crippen molar-refractivity contribution in [2.24, 2.45) is 5.10 Å². The first-order valence-corrected chi connectivity index (χ1v) is 13.1. The predicted molar refractivity (Wildman–Crippen MR) is 145 cm³/mol.